The molecule has 2 aliphatic heterocycles. The molecule has 0 aliphatic carbocycles. The Hall–Kier alpha value is -1.64. The van der Waals surface area contributed by atoms with Gasteiger partial charge in [-0.25, -0.2) is 0 Å². The molecule has 0 saturated carbocycles. The molecule has 2 saturated heterocycles. The van der Waals surface area contributed by atoms with Crippen LogP contribution < -0.4 is 10.6 Å². The lowest BCUT2D eigenvalue weighted by Crippen LogP contribution is -2.49. The second kappa shape index (κ2) is 13.3. The summed E-state index contributed by atoms with van der Waals surface area (Å²) in [5.41, 5.74) is 3.98. The Labute approximate surface area is 216 Å². The van der Waals surface area contributed by atoms with Crippen LogP contribution in [0, 0.1) is 12.8 Å². The SMILES string of the molecule is CN=C(NCC1CCCOC1c1ccc(C)cc1)NC1CCN(Cc2ccccc2)CC1.I. The molecule has 0 radical (unpaired) electrons. The minimum Gasteiger partial charge on any atom is -0.373 e. The Kier molecular flexibility index (Phi) is 10.5. The lowest BCUT2D eigenvalue weighted by Gasteiger charge is -2.34. The second-order valence-electron chi connectivity index (χ2n) is 9.24. The molecular formula is C27H39IN4O. The van der Waals surface area contributed by atoms with Gasteiger partial charge in [0.15, 0.2) is 5.96 Å². The number of rotatable bonds is 6. The first kappa shape index (κ1) is 26.0. The summed E-state index contributed by atoms with van der Waals surface area (Å²) in [6.45, 7) is 7.15. The molecule has 0 amide bonds. The molecule has 180 valence electrons. The highest BCUT2D eigenvalue weighted by molar-refractivity contribution is 14.0. The van der Waals surface area contributed by atoms with E-state index in [1.54, 1.807) is 0 Å². The van der Waals surface area contributed by atoms with Gasteiger partial charge in [-0.1, -0.05) is 60.2 Å². The lowest BCUT2D eigenvalue weighted by atomic mass is 9.89. The highest BCUT2D eigenvalue weighted by atomic mass is 127. The molecule has 2 N–H and O–H groups in total. The molecule has 0 aromatic heterocycles. The smallest absolute Gasteiger partial charge is 0.191 e. The van der Waals surface area contributed by atoms with Gasteiger partial charge >= 0.3 is 0 Å². The maximum absolute atomic E-state index is 6.19. The van der Waals surface area contributed by atoms with Gasteiger partial charge in [-0.3, -0.25) is 9.89 Å². The fourth-order valence-electron chi connectivity index (χ4n) is 4.87. The van der Waals surface area contributed by atoms with E-state index in [2.05, 4.69) is 82.0 Å². The van der Waals surface area contributed by atoms with Gasteiger partial charge in [0, 0.05) is 51.8 Å². The summed E-state index contributed by atoms with van der Waals surface area (Å²) < 4.78 is 6.19. The van der Waals surface area contributed by atoms with Crippen LogP contribution in [0.4, 0.5) is 0 Å². The van der Waals surface area contributed by atoms with Gasteiger partial charge in [0.05, 0.1) is 6.10 Å². The van der Waals surface area contributed by atoms with Crippen molar-refractivity contribution in [3.63, 3.8) is 0 Å². The van der Waals surface area contributed by atoms with Crippen molar-refractivity contribution in [1.29, 1.82) is 0 Å². The van der Waals surface area contributed by atoms with Crippen LogP contribution in [0.5, 0.6) is 0 Å². The Bertz CT molecular complexity index is 850. The van der Waals surface area contributed by atoms with Crippen molar-refractivity contribution < 1.29 is 4.74 Å². The van der Waals surface area contributed by atoms with Crippen LogP contribution in [-0.2, 0) is 11.3 Å². The Morgan fingerprint density at radius 2 is 1.76 bits per heavy atom. The molecule has 2 fully saturated rings. The predicted octanol–water partition coefficient (Wildman–Crippen LogP) is 4.91. The van der Waals surface area contributed by atoms with Gasteiger partial charge in [0.2, 0.25) is 0 Å². The maximum atomic E-state index is 6.19. The molecule has 33 heavy (non-hydrogen) atoms. The minimum absolute atomic E-state index is 0. The standard InChI is InChI=1S/C27H38N4O.HI/c1-21-10-12-23(13-11-21)26-24(9-6-18-32-26)19-29-27(28-2)30-25-14-16-31(17-15-25)20-22-7-4-3-5-8-22;/h3-5,7-8,10-13,24-26H,6,9,14-20H2,1-2H3,(H2,28,29,30);1H. The van der Waals surface area contributed by atoms with Crippen molar-refractivity contribution in [2.75, 3.05) is 33.3 Å². The number of guanidine groups is 1. The molecule has 2 aliphatic rings. The highest BCUT2D eigenvalue weighted by Crippen LogP contribution is 2.33. The summed E-state index contributed by atoms with van der Waals surface area (Å²) in [6, 6.07) is 20.0. The number of nitrogens with one attached hydrogen (secondary N) is 2. The molecule has 0 spiro atoms. The summed E-state index contributed by atoms with van der Waals surface area (Å²) in [5, 5.41) is 7.26. The molecular weight excluding hydrogens is 523 g/mol. The Morgan fingerprint density at radius 3 is 2.45 bits per heavy atom. The summed E-state index contributed by atoms with van der Waals surface area (Å²) in [6.07, 6.45) is 4.76. The molecule has 2 unspecified atom stereocenters. The van der Waals surface area contributed by atoms with Crippen molar-refractivity contribution in [1.82, 2.24) is 15.5 Å². The van der Waals surface area contributed by atoms with Gasteiger partial charge in [-0.2, -0.15) is 0 Å². The fraction of sp³-hybridized carbons (Fsp3) is 0.519. The number of benzene rings is 2. The molecule has 2 atom stereocenters. The number of piperidine rings is 1. The average molecular weight is 563 g/mol. The molecule has 0 bridgehead atoms. The number of aliphatic imine (C=N–C) groups is 1. The van der Waals surface area contributed by atoms with Crippen LogP contribution in [0.25, 0.3) is 0 Å². The summed E-state index contributed by atoms with van der Waals surface area (Å²) in [4.78, 5) is 7.05. The predicted molar refractivity (Wildman–Crippen MR) is 147 cm³/mol. The Morgan fingerprint density at radius 1 is 1.03 bits per heavy atom. The number of ether oxygens (including phenoxy) is 1. The van der Waals surface area contributed by atoms with Crippen molar-refractivity contribution >= 4 is 29.9 Å². The normalized spacial score (nSPS) is 22.4. The molecule has 5 nitrogen and oxygen atoms in total. The van der Waals surface area contributed by atoms with Gasteiger partial charge in [-0.05, 0) is 43.7 Å². The third-order valence-electron chi connectivity index (χ3n) is 6.78. The number of halogens is 1. The van der Waals surface area contributed by atoms with Crippen molar-refractivity contribution in [3.05, 3.63) is 71.3 Å². The number of hydrogen-bond acceptors (Lipinski definition) is 3. The van der Waals surface area contributed by atoms with Crippen LogP contribution >= 0.6 is 24.0 Å². The van der Waals surface area contributed by atoms with E-state index in [9.17, 15) is 0 Å². The van der Waals surface area contributed by atoms with Crippen LogP contribution in [0.3, 0.4) is 0 Å². The largest absolute Gasteiger partial charge is 0.373 e. The van der Waals surface area contributed by atoms with Crippen molar-refractivity contribution in [3.8, 4) is 0 Å². The van der Waals surface area contributed by atoms with Crippen molar-refractivity contribution in [2.24, 2.45) is 10.9 Å². The summed E-state index contributed by atoms with van der Waals surface area (Å²) in [7, 11) is 1.87. The van der Waals surface area contributed by atoms with Gasteiger partial charge in [-0.15, -0.1) is 24.0 Å². The first-order valence-electron chi connectivity index (χ1n) is 12.1. The number of nitrogens with zero attached hydrogens (tertiary/aromatic N) is 2. The van der Waals surface area contributed by atoms with E-state index in [1.807, 2.05) is 7.05 Å². The highest BCUT2D eigenvalue weighted by Gasteiger charge is 2.28. The lowest BCUT2D eigenvalue weighted by molar-refractivity contribution is -0.0265. The monoisotopic (exact) mass is 562 g/mol. The van der Waals surface area contributed by atoms with Crippen molar-refractivity contribution in [2.45, 2.75) is 51.3 Å². The summed E-state index contributed by atoms with van der Waals surface area (Å²) in [5.74, 6) is 1.37. The summed E-state index contributed by atoms with van der Waals surface area (Å²) >= 11 is 0. The van der Waals surface area contributed by atoms with E-state index < -0.39 is 0 Å². The zero-order valence-electron chi connectivity index (χ0n) is 20.0. The van der Waals surface area contributed by atoms with Crippen LogP contribution in [0.2, 0.25) is 0 Å². The fourth-order valence-corrected chi connectivity index (χ4v) is 4.87. The zero-order valence-corrected chi connectivity index (χ0v) is 22.3. The van der Waals surface area contributed by atoms with Gasteiger partial charge < -0.3 is 15.4 Å². The molecule has 6 heteroatoms. The van der Waals surface area contributed by atoms with E-state index >= 15 is 0 Å². The van der Waals surface area contributed by atoms with E-state index in [1.165, 1.54) is 23.1 Å². The van der Waals surface area contributed by atoms with Crippen LogP contribution in [-0.4, -0.2) is 50.2 Å². The maximum Gasteiger partial charge on any atom is 0.191 e. The van der Waals surface area contributed by atoms with Gasteiger partial charge in [0.1, 0.15) is 0 Å². The molecule has 2 aromatic carbocycles. The first-order valence-corrected chi connectivity index (χ1v) is 12.1. The molecule has 2 heterocycles. The molecule has 2 aromatic rings. The zero-order chi connectivity index (χ0) is 22.2. The third kappa shape index (κ3) is 7.69. The number of aryl methyl sites for hydroxylation is 1. The van der Waals surface area contributed by atoms with Gasteiger partial charge in [0.25, 0.3) is 0 Å². The number of hydrogen-bond donors (Lipinski definition) is 2. The third-order valence-corrected chi connectivity index (χ3v) is 6.78. The van der Waals surface area contributed by atoms with E-state index in [4.69, 9.17) is 4.74 Å². The molecule has 4 rings (SSSR count). The van der Waals surface area contributed by atoms with Crippen LogP contribution in [0.1, 0.15) is 48.5 Å². The average Bonchev–Trinajstić information content (AvgIpc) is 2.84. The first-order chi connectivity index (χ1) is 15.7. The number of likely N-dealkylation sites (tertiary alicyclic amines) is 1. The second-order valence-corrected chi connectivity index (χ2v) is 9.24. The van der Waals surface area contributed by atoms with Crippen LogP contribution in [0.15, 0.2) is 59.6 Å². The topological polar surface area (TPSA) is 48.9 Å². The minimum atomic E-state index is 0. The Balaban J connectivity index is 0.00000306. The quantitative estimate of drug-likeness (QED) is 0.299. The van der Waals surface area contributed by atoms with E-state index in [-0.39, 0.29) is 30.1 Å². The van der Waals surface area contributed by atoms with E-state index in [0.29, 0.717) is 12.0 Å². The van der Waals surface area contributed by atoms with E-state index in [0.717, 1.165) is 58.0 Å².